The summed E-state index contributed by atoms with van der Waals surface area (Å²) >= 11 is 1.87. The minimum absolute atomic E-state index is 0.277. The molecular weight excluding hydrogens is 235 g/mol. The van der Waals surface area contributed by atoms with E-state index in [0.717, 1.165) is 23.4 Å². The van der Waals surface area contributed by atoms with Crippen LogP contribution in [0.4, 0.5) is 10.1 Å². The monoisotopic (exact) mass is 248 g/mol. The van der Waals surface area contributed by atoms with E-state index in [4.69, 9.17) is 5.73 Å². The normalized spacial score (nSPS) is 19.3. The Hall–Kier alpha value is -1.29. The number of anilines is 1. The van der Waals surface area contributed by atoms with Crippen LogP contribution >= 0.6 is 11.8 Å². The summed E-state index contributed by atoms with van der Waals surface area (Å²) in [5.74, 6) is 0.751. The molecule has 1 unspecified atom stereocenters. The standard InChI is InChI=1S/C13H13FN2S/c1-7-13-8(5-6-17-7)12(15)11-9(14)3-2-4-10(11)16-13/h2-4,7H,5-6H2,1H3,(H2,15,16). The van der Waals surface area contributed by atoms with E-state index in [0.29, 0.717) is 21.8 Å². The molecule has 0 fully saturated rings. The Bertz CT molecular complexity index is 597. The van der Waals surface area contributed by atoms with Gasteiger partial charge in [-0.1, -0.05) is 6.07 Å². The van der Waals surface area contributed by atoms with E-state index >= 15 is 0 Å². The first-order chi connectivity index (χ1) is 8.18. The molecule has 1 aromatic carbocycles. The molecule has 0 bridgehead atoms. The SMILES string of the molecule is CC1SCCc2c1nc1cccc(F)c1c2N. The maximum atomic E-state index is 13.8. The van der Waals surface area contributed by atoms with Gasteiger partial charge in [-0.25, -0.2) is 4.39 Å². The van der Waals surface area contributed by atoms with E-state index in [1.54, 1.807) is 6.07 Å². The van der Waals surface area contributed by atoms with Crippen molar-refractivity contribution in [3.05, 3.63) is 35.3 Å². The van der Waals surface area contributed by atoms with E-state index in [-0.39, 0.29) is 5.82 Å². The van der Waals surface area contributed by atoms with Crippen LogP contribution in [0.1, 0.15) is 23.4 Å². The van der Waals surface area contributed by atoms with Gasteiger partial charge in [-0.05, 0) is 36.8 Å². The third-order valence-corrected chi connectivity index (χ3v) is 4.40. The molecule has 2 N–H and O–H groups in total. The highest BCUT2D eigenvalue weighted by Crippen LogP contribution is 2.40. The molecular formula is C13H13FN2S. The van der Waals surface area contributed by atoms with Crippen molar-refractivity contribution in [1.82, 2.24) is 4.98 Å². The average molecular weight is 248 g/mol. The summed E-state index contributed by atoms with van der Waals surface area (Å²) in [5.41, 5.74) is 9.42. The number of rotatable bonds is 0. The molecule has 1 aliphatic heterocycles. The molecule has 2 heterocycles. The van der Waals surface area contributed by atoms with Gasteiger partial charge in [0.1, 0.15) is 5.82 Å². The van der Waals surface area contributed by atoms with Crippen molar-refractivity contribution in [2.75, 3.05) is 11.5 Å². The van der Waals surface area contributed by atoms with Crippen LogP contribution < -0.4 is 5.73 Å². The van der Waals surface area contributed by atoms with Gasteiger partial charge in [0.15, 0.2) is 0 Å². The number of nitrogens with two attached hydrogens (primary N) is 1. The maximum Gasteiger partial charge on any atom is 0.134 e. The lowest BCUT2D eigenvalue weighted by atomic mass is 10.0. The van der Waals surface area contributed by atoms with Gasteiger partial charge in [-0.15, -0.1) is 0 Å². The number of halogens is 1. The molecule has 0 saturated carbocycles. The maximum absolute atomic E-state index is 13.8. The minimum atomic E-state index is -0.277. The number of hydrogen-bond acceptors (Lipinski definition) is 3. The van der Waals surface area contributed by atoms with Crippen LogP contribution in [-0.4, -0.2) is 10.7 Å². The van der Waals surface area contributed by atoms with E-state index in [2.05, 4.69) is 11.9 Å². The van der Waals surface area contributed by atoms with Gasteiger partial charge in [0.05, 0.1) is 16.6 Å². The van der Waals surface area contributed by atoms with E-state index in [1.807, 2.05) is 17.8 Å². The quantitative estimate of drug-likeness (QED) is 0.777. The number of pyridine rings is 1. The lowest BCUT2D eigenvalue weighted by Gasteiger charge is -2.23. The first-order valence-corrected chi connectivity index (χ1v) is 6.71. The predicted octanol–water partition coefficient (Wildman–Crippen LogP) is 3.31. The van der Waals surface area contributed by atoms with Gasteiger partial charge >= 0.3 is 0 Å². The van der Waals surface area contributed by atoms with Gasteiger partial charge in [0.25, 0.3) is 0 Å². The van der Waals surface area contributed by atoms with Gasteiger partial charge in [-0.3, -0.25) is 4.98 Å². The Morgan fingerprint density at radius 3 is 3.12 bits per heavy atom. The lowest BCUT2D eigenvalue weighted by molar-refractivity contribution is 0.639. The van der Waals surface area contributed by atoms with Gasteiger partial charge in [-0.2, -0.15) is 11.8 Å². The average Bonchev–Trinajstić information content (AvgIpc) is 2.31. The zero-order valence-electron chi connectivity index (χ0n) is 9.53. The molecule has 3 rings (SSSR count). The zero-order chi connectivity index (χ0) is 12.0. The number of hydrogen-bond donors (Lipinski definition) is 1. The first kappa shape index (κ1) is 10.8. The van der Waals surface area contributed by atoms with E-state index in [1.165, 1.54) is 6.07 Å². The van der Waals surface area contributed by atoms with Crippen molar-refractivity contribution in [3.63, 3.8) is 0 Å². The molecule has 0 aliphatic carbocycles. The Kier molecular flexibility index (Phi) is 2.47. The van der Waals surface area contributed by atoms with Crippen molar-refractivity contribution < 1.29 is 4.39 Å². The highest BCUT2D eigenvalue weighted by atomic mass is 32.2. The fourth-order valence-electron chi connectivity index (χ4n) is 2.37. The molecule has 4 heteroatoms. The zero-order valence-corrected chi connectivity index (χ0v) is 10.4. The summed E-state index contributed by atoms with van der Waals surface area (Å²) < 4.78 is 13.8. The van der Waals surface area contributed by atoms with Crippen molar-refractivity contribution >= 4 is 28.4 Å². The summed E-state index contributed by atoms with van der Waals surface area (Å²) in [4.78, 5) is 4.58. The van der Waals surface area contributed by atoms with Gasteiger partial charge in [0.2, 0.25) is 0 Å². The number of fused-ring (bicyclic) bond motifs is 2. The van der Waals surface area contributed by atoms with Crippen molar-refractivity contribution in [2.45, 2.75) is 18.6 Å². The Morgan fingerprint density at radius 1 is 1.47 bits per heavy atom. The van der Waals surface area contributed by atoms with Crippen molar-refractivity contribution in [3.8, 4) is 0 Å². The minimum Gasteiger partial charge on any atom is -0.398 e. The molecule has 2 nitrogen and oxygen atoms in total. The van der Waals surface area contributed by atoms with E-state index in [9.17, 15) is 4.39 Å². The number of nitrogens with zero attached hydrogens (tertiary/aromatic N) is 1. The van der Waals surface area contributed by atoms with Crippen LogP contribution in [0, 0.1) is 5.82 Å². The molecule has 17 heavy (non-hydrogen) atoms. The molecule has 0 radical (unpaired) electrons. The van der Waals surface area contributed by atoms with Crippen molar-refractivity contribution in [2.24, 2.45) is 0 Å². The second-order valence-electron chi connectivity index (χ2n) is 4.29. The fraction of sp³-hybridized carbons (Fsp3) is 0.308. The second-order valence-corrected chi connectivity index (χ2v) is 5.73. The summed E-state index contributed by atoms with van der Waals surface area (Å²) in [6, 6.07) is 4.94. The predicted molar refractivity (Wildman–Crippen MR) is 70.7 cm³/mol. The third-order valence-electron chi connectivity index (χ3n) is 3.24. The largest absolute Gasteiger partial charge is 0.398 e. The molecule has 2 aromatic rings. The number of nitrogen functional groups attached to an aromatic ring is 1. The molecule has 1 aromatic heterocycles. The Morgan fingerprint density at radius 2 is 2.29 bits per heavy atom. The lowest BCUT2D eigenvalue weighted by Crippen LogP contribution is -2.12. The fourth-order valence-corrected chi connectivity index (χ4v) is 3.40. The molecule has 0 spiro atoms. The summed E-state index contributed by atoms with van der Waals surface area (Å²) in [7, 11) is 0. The molecule has 88 valence electrons. The van der Waals surface area contributed by atoms with Crippen LogP contribution in [0.25, 0.3) is 10.9 Å². The third kappa shape index (κ3) is 1.59. The Balaban J connectivity index is 2.39. The molecule has 1 aliphatic rings. The molecule has 1 atom stereocenters. The van der Waals surface area contributed by atoms with Gasteiger partial charge in [0, 0.05) is 10.9 Å². The van der Waals surface area contributed by atoms with Crippen LogP contribution in [0.2, 0.25) is 0 Å². The highest BCUT2D eigenvalue weighted by Gasteiger charge is 2.23. The smallest absolute Gasteiger partial charge is 0.134 e. The van der Waals surface area contributed by atoms with E-state index < -0.39 is 0 Å². The van der Waals surface area contributed by atoms with Crippen LogP contribution in [-0.2, 0) is 6.42 Å². The number of aromatic nitrogens is 1. The second kappa shape index (κ2) is 3.88. The van der Waals surface area contributed by atoms with Crippen LogP contribution in [0.15, 0.2) is 18.2 Å². The summed E-state index contributed by atoms with van der Waals surface area (Å²) in [6.45, 7) is 2.13. The molecule has 0 amide bonds. The summed E-state index contributed by atoms with van der Waals surface area (Å²) in [6.07, 6.45) is 0.882. The Labute approximate surface area is 103 Å². The topological polar surface area (TPSA) is 38.9 Å². The first-order valence-electron chi connectivity index (χ1n) is 5.66. The van der Waals surface area contributed by atoms with Crippen molar-refractivity contribution in [1.29, 1.82) is 0 Å². The van der Waals surface area contributed by atoms with Gasteiger partial charge < -0.3 is 5.73 Å². The van der Waals surface area contributed by atoms with Crippen LogP contribution in [0.3, 0.4) is 0 Å². The molecule has 0 saturated heterocycles. The van der Waals surface area contributed by atoms with Crippen LogP contribution in [0.5, 0.6) is 0 Å². The number of thioether (sulfide) groups is 1. The number of benzene rings is 1. The highest BCUT2D eigenvalue weighted by molar-refractivity contribution is 7.99. The summed E-state index contributed by atoms with van der Waals surface area (Å²) in [5, 5.41) is 0.819.